The van der Waals surface area contributed by atoms with Crippen molar-refractivity contribution in [1.82, 2.24) is 10.6 Å². The molecule has 0 aromatic rings. The topological polar surface area (TPSA) is 79.8 Å². The van der Waals surface area contributed by atoms with Gasteiger partial charge in [-0.1, -0.05) is 20.8 Å². The fourth-order valence-corrected chi connectivity index (χ4v) is 5.36. The van der Waals surface area contributed by atoms with Crippen LogP contribution in [-0.4, -0.2) is 57.2 Å². The minimum atomic E-state index is -2.83. The Morgan fingerprint density at radius 1 is 1.12 bits per heavy atom. The quantitative estimate of drug-likeness (QED) is 0.353. The first-order valence-corrected chi connectivity index (χ1v) is 11.4. The van der Waals surface area contributed by atoms with E-state index in [2.05, 4.69) is 31.4 Å². The highest BCUT2D eigenvalue weighted by atomic mass is 127. The Hall–Kier alpha value is -0.0900. The summed E-state index contributed by atoms with van der Waals surface area (Å²) in [6, 6.07) is 0.882. The van der Waals surface area contributed by atoms with Crippen LogP contribution in [0.4, 0.5) is 0 Å². The van der Waals surface area contributed by atoms with E-state index >= 15 is 0 Å². The first-order chi connectivity index (χ1) is 11.7. The molecule has 0 aromatic carbocycles. The van der Waals surface area contributed by atoms with Crippen molar-refractivity contribution in [3.05, 3.63) is 0 Å². The minimum Gasteiger partial charge on any atom is -0.378 e. The largest absolute Gasteiger partial charge is 0.378 e. The van der Waals surface area contributed by atoms with E-state index in [1.54, 1.807) is 0 Å². The van der Waals surface area contributed by atoms with Crippen LogP contribution in [0.25, 0.3) is 0 Å². The number of ether oxygens (including phenoxy) is 1. The molecular weight excluding hydrogens is 465 g/mol. The zero-order valence-corrected chi connectivity index (χ0v) is 19.3. The molecule has 1 aliphatic carbocycles. The number of nitrogens with one attached hydrogen (secondary N) is 2. The Morgan fingerprint density at radius 3 is 2.38 bits per heavy atom. The molecule has 6 nitrogen and oxygen atoms in total. The van der Waals surface area contributed by atoms with Crippen molar-refractivity contribution in [2.24, 2.45) is 16.3 Å². The van der Waals surface area contributed by atoms with Crippen LogP contribution in [0.15, 0.2) is 4.99 Å². The molecular formula is C18H34IN3O3S. The second-order valence-corrected chi connectivity index (χ2v) is 11.2. The summed E-state index contributed by atoms with van der Waals surface area (Å²) in [6.45, 7) is 8.03. The molecule has 2 heterocycles. The summed E-state index contributed by atoms with van der Waals surface area (Å²) in [6.07, 6.45) is 5.34. The van der Waals surface area contributed by atoms with Crippen molar-refractivity contribution in [2.75, 3.05) is 24.7 Å². The molecule has 0 radical (unpaired) electrons. The zero-order valence-electron chi connectivity index (χ0n) is 16.2. The summed E-state index contributed by atoms with van der Waals surface area (Å²) in [5.74, 6) is 1.63. The van der Waals surface area contributed by atoms with Gasteiger partial charge < -0.3 is 15.4 Å². The molecule has 3 unspecified atom stereocenters. The normalized spacial score (nSPS) is 32.0. The molecule has 3 atom stereocenters. The highest BCUT2D eigenvalue weighted by molar-refractivity contribution is 14.0. The van der Waals surface area contributed by atoms with Crippen LogP contribution < -0.4 is 10.6 Å². The van der Waals surface area contributed by atoms with E-state index < -0.39 is 9.84 Å². The number of rotatable bonds is 4. The fourth-order valence-electron chi connectivity index (χ4n) is 3.52. The Morgan fingerprint density at radius 2 is 1.81 bits per heavy atom. The molecule has 1 saturated carbocycles. The van der Waals surface area contributed by atoms with Gasteiger partial charge in [-0.15, -0.1) is 24.0 Å². The molecule has 3 rings (SSSR count). The van der Waals surface area contributed by atoms with Gasteiger partial charge in [0, 0.05) is 25.2 Å². The Labute approximate surface area is 175 Å². The van der Waals surface area contributed by atoms with Crippen molar-refractivity contribution < 1.29 is 13.2 Å². The average Bonchev–Trinajstić information content (AvgIpc) is 3.26. The lowest BCUT2D eigenvalue weighted by Crippen LogP contribution is -2.50. The van der Waals surface area contributed by atoms with E-state index in [1.165, 1.54) is 12.8 Å². The van der Waals surface area contributed by atoms with E-state index in [4.69, 9.17) is 9.73 Å². The third-order valence-electron chi connectivity index (χ3n) is 5.34. The van der Waals surface area contributed by atoms with Gasteiger partial charge >= 0.3 is 0 Å². The summed E-state index contributed by atoms with van der Waals surface area (Å²) in [4.78, 5) is 4.72. The number of guanidine groups is 1. The second kappa shape index (κ2) is 8.94. The molecule has 152 valence electrons. The van der Waals surface area contributed by atoms with Gasteiger partial charge in [0.05, 0.1) is 17.6 Å². The lowest BCUT2D eigenvalue weighted by Gasteiger charge is -2.38. The SMILES string of the molecule is CC(C)(C)C1CC(NC(=NCC2CCS(=O)(=O)C2)NC2CC2)CCO1.I. The predicted octanol–water partition coefficient (Wildman–Crippen LogP) is 2.33. The standard InChI is InChI=1S/C18H33N3O3S.HI/c1-18(2,3)16-10-15(6-8-24-16)21-17(20-14-4-5-14)19-11-13-7-9-25(22,23)12-13;/h13-16H,4-12H2,1-3H3,(H2,19,20,21);1H. The molecule has 26 heavy (non-hydrogen) atoms. The lowest BCUT2D eigenvalue weighted by atomic mass is 9.83. The number of hydrogen-bond donors (Lipinski definition) is 2. The molecule has 8 heteroatoms. The van der Waals surface area contributed by atoms with Gasteiger partial charge in [-0.05, 0) is 43.4 Å². The summed E-state index contributed by atoms with van der Waals surface area (Å²) in [7, 11) is -2.83. The van der Waals surface area contributed by atoms with Crippen LogP contribution in [0.5, 0.6) is 0 Å². The number of sulfone groups is 1. The van der Waals surface area contributed by atoms with E-state index in [0.717, 1.165) is 31.8 Å². The van der Waals surface area contributed by atoms with Crippen molar-refractivity contribution in [3.8, 4) is 0 Å². The first kappa shape index (κ1) is 22.2. The molecule has 2 aliphatic heterocycles. The van der Waals surface area contributed by atoms with Gasteiger partial charge in [0.15, 0.2) is 15.8 Å². The van der Waals surface area contributed by atoms with Crippen molar-refractivity contribution >= 4 is 39.8 Å². The van der Waals surface area contributed by atoms with Gasteiger partial charge in [0.25, 0.3) is 0 Å². The smallest absolute Gasteiger partial charge is 0.191 e. The van der Waals surface area contributed by atoms with Crippen LogP contribution >= 0.6 is 24.0 Å². The number of halogens is 1. The Bertz CT molecular complexity index is 599. The third kappa shape index (κ3) is 6.82. The molecule has 0 aromatic heterocycles. The van der Waals surface area contributed by atoms with Crippen LogP contribution in [0.3, 0.4) is 0 Å². The van der Waals surface area contributed by atoms with Crippen LogP contribution in [0.2, 0.25) is 0 Å². The molecule has 0 amide bonds. The van der Waals surface area contributed by atoms with Crippen LogP contribution in [0.1, 0.15) is 52.9 Å². The predicted molar refractivity (Wildman–Crippen MR) is 116 cm³/mol. The molecule has 2 N–H and O–H groups in total. The maximum atomic E-state index is 11.6. The molecule has 2 saturated heterocycles. The highest BCUT2D eigenvalue weighted by Crippen LogP contribution is 2.29. The number of hydrogen-bond acceptors (Lipinski definition) is 4. The summed E-state index contributed by atoms with van der Waals surface area (Å²) >= 11 is 0. The van der Waals surface area contributed by atoms with Gasteiger partial charge in [-0.2, -0.15) is 0 Å². The van der Waals surface area contributed by atoms with Crippen molar-refractivity contribution in [1.29, 1.82) is 0 Å². The average molecular weight is 499 g/mol. The van der Waals surface area contributed by atoms with E-state index in [0.29, 0.717) is 24.4 Å². The zero-order chi connectivity index (χ0) is 18.1. The van der Waals surface area contributed by atoms with Crippen molar-refractivity contribution in [3.63, 3.8) is 0 Å². The molecule has 3 fully saturated rings. The van der Waals surface area contributed by atoms with Crippen LogP contribution in [0, 0.1) is 11.3 Å². The molecule has 3 aliphatic rings. The maximum absolute atomic E-state index is 11.6. The second-order valence-electron chi connectivity index (χ2n) is 8.97. The molecule has 0 spiro atoms. The molecule has 0 bridgehead atoms. The van der Waals surface area contributed by atoms with E-state index in [1.807, 2.05) is 0 Å². The third-order valence-corrected chi connectivity index (χ3v) is 7.18. The van der Waals surface area contributed by atoms with Gasteiger partial charge in [0.2, 0.25) is 0 Å². The van der Waals surface area contributed by atoms with Gasteiger partial charge in [-0.25, -0.2) is 8.42 Å². The summed E-state index contributed by atoms with van der Waals surface area (Å²) < 4.78 is 29.2. The summed E-state index contributed by atoms with van der Waals surface area (Å²) in [5, 5.41) is 7.07. The van der Waals surface area contributed by atoms with Crippen molar-refractivity contribution in [2.45, 2.75) is 71.1 Å². The van der Waals surface area contributed by atoms with Gasteiger partial charge in [0.1, 0.15) is 0 Å². The Kier molecular flexibility index (Phi) is 7.63. The van der Waals surface area contributed by atoms with Gasteiger partial charge in [-0.3, -0.25) is 4.99 Å². The lowest BCUT2D eigenvalue weighted by molar-refractivity contribution is -0.0559. The Balaban J connectivity index is 0.00000243. The maximum Gasteiger partial charge on any atom is 0.191 e. The first-order valence-electron chi connectivity index (χ1n) is 9.61. The number of aliphatic imine (C=N–C) groups is 1. The number of nitrogens with zero attached hydrogens (tertiary/aromatic N) is 1. The van der Waals surface area contributed by atoms with E-state index in [9.17, 15) is 8.42 Å². The van der Waals surface area contributed by atoms with E-state index in [-0.39, 0.29) is 47.2 Å². The van der Waals surface area contributed by atoms with Crippen LogP contribution in [-0.2, 0) is 14.6 Å². The minimum absolute atomic E-state index is 0. The summed E-state index contributed by atoms with van der Waals surface area (Å²) in [5.41, 5.74) is 0.139. The monoisotopic (exact) mass is 499 g/mol. The highest BCUT2D eigenvalue weighted by Gasteiger charge is 2.33. The fraction of sp³-hybridized carbons (Fsp3) is 0.944.